The number of hydrogen-bond donors (Lipinski definition) is 2. The fourth-order valence-electron chi connectivity index (χ4n) is 2.93. The number of anilines is 2. The van der Waals surface area contributed by atoms with Gasteiger partial charge in [0.1, 0.15) is 5.82 Å². The molecule has 0 fully saturated rings. The van der Waals surface area contributed by atoms with Crippen molar-refractivity contribution in [1.82, 2.24) is 24.5 Å². The van der Waals surface area contributed by atoms with Crippen LogP contribution in [0, 0.1) is 0 Å². The molecule has 0 amide bonds. The van der Waals surface area contributed by atoms with Crippen molar-refractivity contribution < 1.29 is 0 Å². The number of nitrogens with zero attached hydrogens (tertiary/aromatic N) is 5. The van der Waals surface area contributed by atoms with E-state index in [9.17, 15) is 4.79 Å². The maximum absolute atomic E-state index is 13.0. The summed E-state index contributed by atoms with van der Waals surface area (Å²) in [5, 5.41) is 3.26. The minimum atomic E-state index is -0.0644. The number of thioether (sulfide) groups is 1. The number of benzene rings is 2. The van der Waals surface area contributed by atoms with Gasteiger partial charge in [0.25, 0.3) is 5.56 Å². The van der Waals surface area contributed by atoms with Crippen LogP contribution in [0.3, 0.4) is 0 Å². The van der Waals surface area contributed by atoms with E-state index in [4.69, 9.17) is 16.5 Å². The summed E-state index contributed by atoms with van der Waals surface area (Å²) in [7, 11) is 0. The summed E-state index contributed by atoms with van der Waals surface area (Å²) >= 11 is 1.36. The zero-order valence-electron chi connectivity index (χ0n) is 14.6. The Hall–Kier alpha value is -3.20. The van der Waals surface area contributed by atoms with E-state index in [0.29, 0.717) is 34.2 Å². The lowest BCUT2D eigenvalue weighted by Crippen LogP contribution is -2.22. The monoisotopic (exact) mass is 379 g/mol. The summed E-state index contributed by atoms with van der Waals surface area (Å²) in [5.74, 6) is 0.968. The van der Waals surface area contributed by atoms with E-state index >= 15 is 0 Å². The molecule has 0 radical (unpaired) electrons. The van der Waals surface area contributed by atoms with Gasteiger partial charge >= 0.3 is 0 Å². The predicted molar refractivity (Wildman–Crippen MR) is 107 cm³/mol. The summed E-state index contributed by atoms with van der Waals surface area (Å²) in [4.78, 5) is 29.6. The molecule has 2 aromatic carbocycles. The third-order valence-corrected chi connectivity index (χ3v) is 5.12. The lowest BCUT2D eigenvalue weighted by molar-refractivity contribution is 0.634. The Morgan fingerprint density at radius 2 is 1.67 bits per heavy atom. The fraction of sp³-hybridized carbons (Fsp3) is 0.167. The number of nitrogens with two attached hydrogens (primary N) is 2. The molecule has 8 nitrogen and oxygen atoms in total. The van der Waals surface area contributed by atoms with Crippen LogP contribution in [0.4, 0.5) is 11.9 Å². The molecule has 4 aromatic rings. The average molecular weight is 379 g/mol. The Labute approximate surface area is 158 Å². The van der Waals surface area contributed by atoms with Gasteiger partial charge in [-0.25, -0.2) is 4.98 Å². The third-order valence-electron chi connectivity index (χ3n) is 4.15. The van der Waals surface area contributed by atoms with Gasteiger partial charge in [-0.05, 0) is 29.8 Å². The minimum absolute atomic E-state index is 0.0644. The molecule has 0 spiro atoms. The van der Waals surface area contributed by atoms with E-state index in [2.05, 4.69) is 15.0 Å². The maximum atomic E-state index is 13.0. The van der Waals surface area contributed by atoms with Crippen molar-refractivity contribution in [3.63, 3.8) is 0 Å². The van der Waals surface area contributed by atoms with Gasteiger partial charge in [-0.2, -0.15) is 15.0 Å². The first-order valence-electron chi connectivity index (χ1n) is 8.37. The van der Waals surface area contributed by atoms with Gasteiger partial charge < -0.3 is 11.5 Å². The van der Waals surface area contributed by atoms with Gasteiger partial charge in [0.15, 0.2) is 5.16 Å². The molecule has 0 aliphatic heterocycles. The van der Waals surface area contributed by atoms with Gasteiger partial charge in [-0.1, -0.05) is 36.0 Å². The van der Waals surface area contributed by atoms with Crippen molar-refractivity contribution in [3.05, 3.63) is 52.6 Å². The van der Waals surface area contributed by atoms with Crippen molar-refractivity contribution in [2.45, 2.75) is 24.4 Å². The molecule has 136 valence electrons. The van der Waals surface area contributed by atoms with Crippen molar-refractivity contribution in [3.8, 4) is 0 Å². The lowest BCUT2D eigenvalue weighted by Gasteiger charge is -2.11. The maximum Gasteiger partial charge on any atom is 0.262 e. The Bertz CT molecular complexity index is 1200. The largest absolute Gasteiger partial charge is 0.368 e. The third kappa shape index (κ3) is 3.28. The highest BCUT2D eigenvalue weighted by molar-refractivity contribution is 7.98. The number of aromatic nitrogens is 5. The van der Waals surface area contributed by atoms with Gasteiger partial charge in [0, 0.05) is 6.54 Å². The van der Waals surface area contributed by atoms with Crippen LogP contribution in [0.15, 0.2) is 46.3 Å². The number of rotatable bonds is 4. The summed E-state index contributed by atoms with van der Waals surface area (Å²) in [6.45, 7) is 2.43. The summed E-state index contributed by atoms with van der Waals surface area (Å²) in [5.41, 5.74) is 11.8. The molecule has 0 saturated carbocycles. The van der Waals surface area contributed by atoms with Crippen molar-refractivity contribution >= 4 is 45.3 Å². The molecule has 0 bridgehead atoms. The van der Waals surface area contributed by atoms with Crippen LogP contribution in [-0.2, 0) is 12.3 Å². The van der Waals surface area contributed by atoms with E-state index in [0.717, 1.165) is 10.8 Å². The molecule has 2 heterocycles. The molecule has 0 aliphatic carbocycles. The molecule has 4 rings (SSSR count). The summed E-state index contributed by atoms with van der Waals surface area (Å²) in [6, 6.07) is 11.7. The minimum Gasteiger partial charge on any atom is -0.368 e. The molecule has 0 saturated heterocycles. The van der Waals surface area contributed by atoms with Crippen LogP contribution in [0.25, 0.3) is 21.7 Å². The van der Waals surface area contributed by atoms with Crippen molar-refractivity contribution in [1.29, 1.82) is 0 Å². The molecule has 2 aromatic heterocycles. The topological polar surface area (TPSA) is 126 Å². The first kappa shape index (κ1) is 17.2. The fourth-order valence-corrected chi connectivity index (χ4v) is 3.85. The summed E-state index contributed by atoms with van der Waals surface area (Å²) in [6.07, 6.45) is 0. The predicted octanol–water partition coefficient (Wildman–Crippen LogP) is 2.21. The van der Waals surface area contributed by atoms with Crippen LogP contribution in [-0.4, -0.2) is 24.5 Å². The van der Waals surface area contributed by atoms with Crippen LogP contribution in [0.2, 0.25) is 0 Å². The van der Waals surface area contributed by atoms with Gasteiger partial charge in [0.2, 0.25) is 11.9 Å². The molecule has 0 atom stereocenters. The lowest BCUT2D eigenvalue weighted by atomic mass is 10.1. The first-order valence-corrected chi connectivity index (χ1v) is 9.35. The highest BCUT2D eigenvalue weighted by Gasteiger charge is 2.13. The molecule has 0 aliphatic rings. The van der Waals surface area contributed by atoms with E-state index < -0.39 is 0 Å². The second-order valence-corrected chi connectivity index (χ2v) is 6.86. The van der Waals surface area contributed by atoms with Crippen LogP contribution >= 0.6 is 11.8 Å². The quantitative estimate of drug-likeness (QED) is 0.314. The van der Waals surface area contributed by atoms with Crippen LogP contribution < -0.4 is 17.0 Å². The van der Waals surface area contributed by atoms with Crippen molar-refractivity contribution in [2.24, 2.45) is 0 Å². The molecular weight excluding hydrogens is 362 g/mol. The van der Waals surface area contributed by atoms with Crippen LogP contribution in [0.5, 0.6) is 0 Å². The highest BCUT2D eigenvalue weighted by atomic mass is 32.2. The van der Waals surface area contributed by atoms with Crippen LogP contribution in [0.1, 0.15) is 12.7 Å². The highest BCUT2D eigenvalue weighted by Crippen LogP contribution is 2.24. The number of fused-ring (bicyclic) bond motifs is 2. The zero-order chi connectivity index (χ0) is 19.0. The number of nitrogen functional groups attached to an aromatic ring is 2. The Morgan fingerprint density at radius 3 is 2.33 bits per heavy atom. The molecule has 0 unspecified atom stereocenters. The van der Waals surface area contributed by atoms with Gasteiger partial charge in [0.05, 0.1) is 16.7 Å². The molecule has 9 heteroatoms. The van der Waals surface area contributed by atoms with E-state index in [1.165, 1.54) is 11.8 Å². The normalized spacial score (nSPS) is 11.3. The smallest absolute Gasteiger partial charge is 0.262 e. The molecule has 27 heavy (non-hydrogen) atoms. The van der Waals surface area contributed by atoms with Gasteiger partial charge in [-0.15, -0.1) is 0 Å². The van der Waals surface area contributed by atoms with E-state index in [-0.39, 0.29) is 17.5 Å². The second-order valence-electron chi connectivity index (χ2n) is 5.92. The van der Waals surface area contributed by atoms with E-state index in [1.807, 2.05) is 43.3 Å². The Balaban J connectivity index is 1.79. The molecular formula is C18H17N7OS. The second kappa shape index (κ2) is 6.84. The average Bonchev–Trinajstić information content (AvgIpc) is 2.64. The zero-order valence-corrected chi connectivity index (χ0v) is 15.4. The first-order chi connectivity index (χ1) is 13.0. The van der Waals surface area contributed by atoms with Crippen molar-refractivity contribution in [2.75, 3.05) is 11.5 Å². The summed E-state index contributed by atoms with van der Waals surface area (Å²) < 4.78 is 1.65. The van der Waals surface area contributed by atoms with Gasteiger partial charge in [-0.3, -0.25) is 9.36 Å². The number of hydrogen-bond acceptors (Lipinski definition) is 8. The van der Waals surface area contributed by atoms with E-state index in [1.54, 1.807) is 4.57 Å². The Kier molecular flexibility index (Phi) is 4.36. The SMILES string of the molecule is CCn1c(SCc2nc(N)nc(N)n2)nc2cc3ccccc3cc2c1=O. The molecule has 4 N–H and O–H groups in total. The Morgan fingerprint density at radius 1 is 1.00 bits per heavy atom. The standard InChI is InChI=1S/C18H17N7OS/c1-2-25-15(26)12-7-10-5-3-4-6-11(10)8-13(12)21-18(25)27-9-14-22-16(19)24-17(20)23-14/h3-8H,2,9H2,1H3,(H4,19,20,22,23,24).